The predicted molar refractivity (Wildman–Crippen MR) is 119 cm³/mol. The molecule has 0 aliphatic heterocycles. The molecular weight excluding hydrogens is 461 g/mol. The summed E-state index contributed by atoms with van der Waals surface area (Å²) >= 11 is 1.76. The Labute approximate surface area is 175 Å². The van der Waals surface area contributed by atoms with Gasteiger partial charge in [-0.2, -0.15) is 0 Å². The van der Waals surface area contributed by atoms with Gasteiger partial charge in [-0.3, -0.25) is 9.79 Å². The molecule has 0 bridgehead atoms. The van der Waals surface area contributed by atoms with Crippen molar-refractivity contribution in [3.63, 3.8) is 0 Å². The lowest BCUT2D eigenvalue weighted by Gasteiger charge is -2.12. The number of carbonyl (C=O) groups excluding carboxylic acids is 1. The third-order valence-electron chi connectivity index (χ3n) is 3.68. The van der Waals surface area contributed by atoms with Crippen LogP contribution in [0.3, 0.4) is 0 Å². The lowest BCUT2D eigenvalue weighted by molar-refractivity contribution is 0.0963. The second-order valence-corrected chi connectivity index (χ2v) is 6.66. The molecule has 1 aromatic carbocycles. The Bertz CT molecular complexity index is 732. The zero-order chi connectivity index (χ0) is 18.1. The van der Waals surface area contributed by atoms with Crippen LogP contribution in [0, 0.1) is 0 Å². The first-order chi connectivity index (χ1) is 12.2. The van der Waals surface area contributed by atoms with Crippen molar-refractivity contribution in [1.29, 1.82) is 0 Å². The molecule has 1 heterocycles. The number of nitrogens with one attached hydrogen (secondary N) is 3. The number of rotatable bonds is 7. The van der Waals surface area contributed by atoms with Gasteiger partial charge >= 0.3 is 0 Å². The van der Waals surface area contributed by atoms with Crippen molar-refractivity contribution in [3.05, 3.63) is 51.5 Å². The van der Waals surface area contributed by atoms with Crippen LogP contribution in [0.1, 0.15) is 32.7 Å². The minimum absolute atomic E-state index is 0. The highest BCUT2D eigenvalue weighted by molar-refractivity contribution is 14.0. The first kappa shape index (κ1) is 22.4. The summed E-state index contributed by atoms with van der Waals surface area (Å²) in [4.78, 5) is 21.6. The number of carbonyl (C=O) groups is 1. The van der Waals surface area contributed by atoms with E-state index in [0.29, 0.717) is 12.1 Å². The highest BCUT2D eigenvalue weighted by Crippen LogP contribution is 2.13. The molecule has 0 saturated heterocycles. The van der Waals surface area contributed by atoms with E-state index in [0.717, 1.165) is 35.9 Å². The number of aryl methyl sites for hydroxylation is 1. The summed E-state index contributed by atoms with van der Waals surface area (Å²) in [6.07, 6.45) is 3.85. The minimum atomic E-state index is -0.0840. The summed E-state index contributed by atoms with van der Waals surface area (Å²) in [5, 5.41) is 10.3. The normalized spacial score (nSPS) is 10.8. The molecule has 0 atom stereocenters. The number of hydrogen-bond donors (Lipinski definition) is 3. The van der Waals surface area contributed by atoms with Gasteiger partial charge in [-0.05, 0) is 24.1 Å². The molecule has 8 heteroatoms. The molecule has 142 valence electrons. The van der Waals surface area contributed by atoms with E-state index in [1.165, 1.54) is 4.88 Å². The van der Waals surface area contributed by atoms with Crippen molar-refractivity contribution in [2.75, 3.05) is 20.6 Å². The first-order valence-corrected chi connectivity index (χ1v) is 9.17. The average Bonchev–Trinajstić information content (AvgIpc) is 3.12. The third-order valence-corrected chi connectivity index (χ3v) is 4.88. The van der Waals surface area contributed by atoms with Crippen molar-refractivity contribution < 1.29 is 4.79 Å². The standard InChI is InChI=1S/C18H25N5OS.HI/c1-4-15-12-22-16(25-15)8-9-21-18(20-3)23-11-13-6-5-7-14(10-13)17(24)19-2;/h5-7,10,12H,4,8-9,11H2,1-3H3,(H,19,24)(H2,20,21,23);1H. The van der Waals surface area contributed by atoms with Gasteiger partial charge in [-0.25, -0.2) is 4.98 Å². The summed E-state index contributed by atoms with van der Waals surface area (Å²) in [5.74, 6) is 0.650. The monoisotopic (exact) mass is 487 g/mol. The molecule has 1 amide bonds. The van der Waals surface area contributed by atoms with Crippen LogP contribution < -0.4 is 16.0 Å². The van der Waals surface area contributed by atoms with Gasteiger partial charge in [0.2, 0.25) is 0 Å². The lowest BCUT2D eigenvalue weighted by Crippen LogP contribution is -2.37. The highest BCUT2D eigenvalue weighted by Gasteiger charge is 2.05. The van der Waals surface area contributed by atoms with E-state index in [1.807, 2.05) is 24.4 Å². The Morgan fingerprint density at radius 2 is 2.12 bits per heavy atom. The number of aliphatic imine (C=N–C) groups is 1. The van der Waals surface area contributed by atoms with Crippen molar-refractivity contribution in [2.45, 2.75) is 26.3 Å². The van der Waals surface area contributed by atoms with E-state index in [-0.39, 0.29) is 29.9 Å². The van der Waals surface area contributed by atoms with Gasteiger partial charge in [0.15, 0.2) is 5.96 Å². The minimum Gasteiger partial charge on any atom is -0.356 e. The van der Waals surface area contributed by atoms with Crippen molar-refractivity contribution in [3.8, 4) is 0 Å². The zero-order valence-electron chi connectivity index (χ0n) is 15.3. The molecule has 1 aromatic heterocycles. The summed E-state index contributed by atoms with van der Waals surface area (Å²) in [7, 11) is 3.37. The largest absolute Gasteiger partial charge is 0.356 e. The number of halogens is 1. The quantitative estimate of drug-likeness (QED) is 0.319. The summed E-state index contributed by atoms with van der Waals surface area (Å²) in [5.41, 5.74) is 1.68. The maximum absolute atomic E-state index is 11.7. The molecule has 0 fully saturated rings. The number of benzene rings is 1. The zero-order valence-corrected chi connectivity index (χ0v) is 18.5. The molecule has 0 aliphatic carbocycles. The van der Waals surface area contributed by atoms with Crippen LogP contribution in [0.2, 0.25) is 0 Å². The predicted octanol–water partition coefficient (Wildman–Crippen LogP) is 2.59. The van der Waals surface area contributed by atoms with E-state index >= 15 is 0 Å². The SMILES string of the molecule is CCc1cnc(CCNC(=NC)NCc2cccc(C(=O)NC)c2)s1.I. The summed E-state index contributed by atoms with van der Waals surface area (Å²) in [6.45, 7) is 3.51. The Morgan fingerprint density at radius 1 is 1.31 bits per heavy atom. The van der Waals surface area contributed by atoms with E-state index in [4.69, 9.17) is 0 Å². The topological polar surface area (TPSA) is 78.4 Å². The molecule has 3 N–H and O–H groups in total. The third kappa shape index (κ3) is 6.91. The number of hydrogen-bond acceptors (Lipinski definition) is 4. The van der Waals surface area contributed by atoms with Crippen LogP contribution in [0.25, 0.3) is 0 Å². The molecule has 0 saturated carbocycles. The number of amides is 1. The fraction of sp³-hybridized carbons (Fsp3) is 0.389. The van der Waals surface area contributed by atoms with E-state index in [9.17, 15) is 4.79 Å². The molecule has 2 rings (SSSR count). The molecule has 0 aliphatic rings. The lowest BCUT2D eigenvalue weighted by atomic mass is 10.1. The number of thiazole rings is 1. The van der Waals surface area contributed by atoms with Crippen LogP contribution >= 0.6 is 35.3 Å². The van der Waals surface area contributed by atoms with Crippen molar-refractivity contribution >= 4 is 47.2 Å². The maximum atomic E-state index is 11.7. The molecule has 2 aromatic rings. The molecule has 26 heavy (non-hydrogen) atoms. The van der Waals surface area contributed by atoms with Crippen LogP contribution in [-0.4, -0.2) is 37.5 Å². The molecule has 0 radical (unpaired) electrons. The fourth-order valence-electron chi connectivity index (χ4n) is 2.29. The fourth-order valence-corrected chi connectivity index (χ4v) is 3.15. The second kappa shape index (κ2) is 11.8. The van der Waals surface area contributed by atoms with Gasteiger partial charge in [0, 0.05) is 50.2 Å². The molecule has 0 unspecified atom stereocenters. The number of guanidine groups is 1. The van der Waals surface area contributed by atoms with Crippen molar-refractivity contribution in [2.24, 2.45) is 4.99 Å². The van der Waals surface area contributed by atoms with Gasteiger partial charge in [-0.1, -0.05) is 19.1 Å². The van der Waals surface area contributed by atoms with Gasteiger partial charge in [-0.15, -0.1) is 35.3 Å². The highest BCUT2D eigenvalue weighted by atomic mass is 127. The Hall–Kier alpha value is -1.68. The van der Waals surface area contributed by atoms with Crippen molar-refractivity contribution in [1.82, 2.24) is 20.9 Å². The summed E-state index contributed by atoms with van der Waals surface area (Å²) < 4.78 is 0. The van der Waals surface area contributed by atoms with Crippen LogP contribution in [0.15, 0.2) is 35.5 Å². The van der Waals surface area contributed by atoms with Gasteiger partial charge in [0.25, 0.3) is 5.91 Å². The van der Waals surface area contributed by atoms with Crippen LogP contribution in [-0.2, 0) is 19.4 Å². The Kier molecular flexibility index (Phi) is 10.2. The van der Waals surface area contributed by atoms with Crippen LogP contribution in [0.4, 0.5) is 0 Å². The van der Waals surface area contributed by atoms with E-state index in [2.05, 4.69) is 32.9 Å². The number of nitrogens with zero attached hydrogens (tertiary/aromatic N) is 2. The smallest absolute Gasteiger partial charge is 0.251 e. The Balaban J connectivity index is 0.00000338. The van der Waals surface area contributed by atoms with E-state index in [1.54, 1.807) is 31.5 Å². The van der Waals surface area contributed by atoms with Gasteiger partial charge in [0.05, 0.1) is 5.01 Å². The number of aromatic nitrogens is 1. The van der Waals surface area contributed by atoms with Crippen LogP contribution in [0.5, 0.6) is 0 Å². The maximum Gasteiger partial charge on any atom is 0.251 e. The molecular formula is C18H26IN5OS. The first-order valence-electron chi connectivity index (χ1n) is 8.35. The second-order valence-electron chi connectivity index (χ2n) is 5.46. The molecule has 6 nitrogen and oxygen atoms in total. The molecule has 0 spiro atoms. The van der Waals surface area contributed by atoms with Gasteiger partial charge in [0.1, 0.15) is 0 Å². The van der Waals surface area contributed by atoms with Gasteiger partial charge < -0.3 is 16.0 Å². The Morgan fingerprint density at radius 3 is 2.77 bits per heavy atom. The van der Waals surface area contributed by atoms with E-state index < -0.39 is 0 Å². The average molecular weight is 487 g/mol. The summed E-state index contributed by atoms with van der Waals surface area (Å²) in [6, 6.07) is 7.54.